The molecule has 1 atom stereocenters. The largest absolute Gasteiger partial charge is 0.478 e. The number of aliphatic carboxylic acids is 1. The van der Waals surface area contributed by atoms with Crippen molar-refractivity contribution in [2.45, 2.75) is 32.7 Å². The first-order chi connectivity index (χ1) is 12.8. The van der Waals surface area contributed by atoms with Gasteiger partial charge in [0, 0.05) is 6.92 Å². The second kappa shape index (κ2) is 7.56. The average molecular weight is 377 g/mol. The Labute approximate surface area is 155 Å². The fourth-order valence-corrected chi connectivity index (χ4v) is 3.87. The number of nitrogens with one attached hydrogen (secondary N) is 1. The zero-order valence-corrected chi connectivity index (χ0v) is 15.1. The van der Waals surface area contributed by atoms with Crippen LogP contribution in [0.25, 0.3) is 0 Å². The molecule has 144 valence electrons. The molecule has 2 aliphatic heterocycles. The SMILES string of the molecule is CC(=O)C1=C(C(=O)O)C(C2CCNCC2)N(c2c(F)cccc2F)C(C)=N1. The number of hydrogen-bond donors (Lipinski definition) is 2. The maximum absolute atomic E-state index is 14.6. The summed E-state index contributed by atoms with van der Waals surface area (Å²) in [6.45, 7) is 4.09. The van der Waals surface area contributed by atoms with Gasteiger partial charge in [0.25, 0.3) is 0 Å². The number of carbonyl (C=O) groups is 2. The molecule has 2 N–H and O–H groups in total. The minimum Gasteiger partial charge on any atom is -0.478 e. The standard InChI is InChI=1S/C19H21F2N3O3/c1-10(25)16-15(19(26)27)17(12-6-8-22-9-7-12)24(11(2)23-16)18-13(20)4-3-5-14(18)21/h3-5,12,17,22H,6-9H2,1-2H3,(H,26,27). The number of piperidine rings is 1. The molecular weight excluding hydrogens is 356 g/mol. The maximum Gasteiger partial charge on any atom is 0.336 e. The molecule has 0 radical (unpaired) electrons. The molecular formula is C19H21F2N3O3. The lowest BCUT2D eigenvalue weighted by molar-refractivity contribution is -0.133. The number of ketones is 1. The van der Waals surface area contributed by atoms with Crippen LogP contribution >= 0.6 is 0 Å². The fourth-order valence-electron chi connectivity index (χ4n) is 3.87. The number of rotatable bonds is 4. The third kappa shape index (κ3) is 3.49. The molecule has 6 nitrogen and oxygen atoms in total. The molecule has 1 aromatic rings. The lowest BCUT2D eigenvalue weighted by Crippen LogP contribution is -2.52. The van der Waals surface area contributed by atoms with Crippen molar-refractivity contribution in [3.05, 3.63) is 41.1 Å². The number of Topliss-reactive ketones (excluding diaryl/α,β-unsaturated/α-hetero) is 1. The van der Waals surface area contributed by atoms with Crippen LogP contribution in [-0.2, 0) is 9.59 Å². The van der Waals surface area contributed by atoms with Gasteiger partial charge in [-0.3, -0.25) is 4.79 Å². The minimum atomic E-state index is -1.30. The lowest BCUT2D eigenvalue weighted by Gasteiger charge is -2.42. The van der Waals surface area contributed by atoms with E-state index in [0.29, 0.717) is 25.9 Å². The van der Waals surface area contributed by atoms with Crippen molar-refractivity contribution in [2.24, 2.45) is 10.9 Å². The Kier molecular flexibility index (Phi) is 5.36. The summed E-state index contributed by atoms with van der Waals surface area (Å²) in [7, 11) is 0. The Hall–Kier alpha value is -2.61. The van der Waals surface area contributed by atoms with Crippen molar-refractivity contribution in [3.63, 3.8) is 0 Å². The molecule has 1 aromatic carbocycles. The molecule has 2 aliphatic rings. The van der Waals surface area contributed by atoms with Gasteiger partial charge in [0.05, 0.1) is 11.6 Å². The molecule has 0 spiro atoms. The quantitative estimate of drug-likeness (QED) is 0.843. The van der Waals surface area contributed by atoms with Crippen molar-refractivity contribution in [1.29, 1.82) is 0 Å². The van der Waals surface area contributed by atoms with E-state index in [1.807, 2.05) is 0 Å². The van der Waals surface area contributed by atoms with Gasteiger partial charge in [-0.05, 0) is 50.9 Å². The Balaban J connectivity index is 2.24. The van der Waals surface area contributed by atoms with E-state index in [9.17, 15) is 23.5 Å². The first kappa shape index (κ1) is 19.2. The number of halogens is 2. The zero-order valence-electron chi connectivity index (χ0n) is 15.1. The minimum absolute atomic E-state index is 0.156. The van der Waals surface area contributed by atoms with Crippen LogP contribution in [0, 0.1) is 17.6 Å². The Morgan fingerprint density at radius 1 is 1.22 bits per heavy atom. The van der Waals surface area contributed by atoms with Crippen molar-refractivity contribution in [1.82, 2.24) is 5.32 Å². The monoisotopic (exact) mass is 377 g/mol. The number of carbonyl (C=O) groups excluding carboxylic acids is 1. The van der Waals surface area contributed by atoms with E-state index in [1.54, 1.807) is 0 Å². The first-order valence-electron chi connectivity index (χ1n) is 8.80. The predicted octanol–water partition coefficient (Wildman–Crippen LogP) is 2.50. The van der Waals surface area contributed by atoms with Crippen LogP contribution in [0.2, 0.25) is 0 Å². The summed E-state index contributed by atoms with van der Waals surface area (Å²) < 4.78 is 29.1. The van der Waals surface area contributed by atoms with Crippen LogP contribution < -0.4 is 10.2 Å². The lowest BCUT2D eigenvalue weighted by atomic mass is 9.82. The molecule has 1 saturated heterocycles. The van der Waals surface area contributed by atoms with Gasteiger partial charge in [0.2, 0.25) is 0 Å². The van der Waals surface area contributed by atoms with E-state index >= 15 is 0 Å². The highest BCUT2D eigenvalue weighted by molar-refractivity contribution is 6.10. The average Bonchev–Trinajstić information content (AvgIpc) is 2.62. The number of allylic oxidation sites excluding steroid dienone is 1. The number of carboxylic acid groups (broad SMARTS) is 1. The van der Waals surface area contributed by atoms with Gasteiger partial charge in [0.15, 0.2) is 5.78 Å². The van der Waals surface area contributed by atoms with Crippen molar-refractivity contribution < 1.29 is 23.5 Å². The maximum atomic E-state index is 14.6. The number of anilines is 1. The number of hydrogen-bond acceptors (Lipinski definition) is 5. The number of aliphatic imine (C=N–C) groups is 1. The number of nitrogens with zero attached hydrogens (tertiary/aromatic N) is 2. The van der Waals surface area contributed by atoms with Crippen LogP contribution in [0.1, 0.15) is 26.7 Å². The van der Waals surface area contributed by atoms with Gasteiger partial charge in [-0.1, -0.05) is 6.07 Å². The van der Waals surface area contributed by atoms with Gasteiger partial charge in [0.1, 0.15) is 28.9 Å². The zero-order chi connectivity index (χ0) is 19.7. The van der Waals surface area contributed by atoms with Crippen molar-refractivity contribution in [2.75, 3.05) is 18.0 Å². The van der Waals surface area contributed by atoms with E-state index in [-0.39, 0.29) is 28.7 Å². The number of carboxylic acids is 1. The summed E-state index contributed by atoms with van der Waals surface area (Å²) in [5, 5.41) is 13.0. The van der Waals surface area contributed by atoms with E-state index in [2.05, 4.69) is 10.3 Å². The summed E-state index contributed by atoms with van der Waals surface area (Å²) in [6.07, 6.45) is 1.24. The fraction of sp³-hybridized carbons (Fsp3) is 0.421. The second-order valence-corrected chi connectivity index (χ2v) is 6.76. The summed E-state index contributed by atoms with van der Waals surface area (Å²) in [4.78, 5) is 29.5. The molecule has 0 amide bonds. The van der Waals surface area contributed by atoms with Gasteiger partial charge >= 0.3 is 5.97 Å². The molecule has 2 heterocycles. The van der Waals surface area contributed by atoms with Crippen LogP contribution in [-0.4, -0.2) is 41.8 Å². The normalized spacial score (nSPS) is 21.3. The summed E-state index contributed by atoms with van der Waals surface area (Å²) in [5.74, 6) is -3.41. The van der Waals surface area contributed by atoms with Crippen LogP contribution in [0.15, 0.2) is 34.5 Å². The highest BCUT2D eigenvalue weighted by Crippen LogP contribution is 2.38. The smallest absolute Gasteiger partial charge is 0.336 e. The summed E-state index contributed by atoms with van der Waals surface area (Å²) >= 11 is 0. The molecule has 0 saturated carbocycles. The first-order valence-corrected chi connectivity index (χ1v) is 8.80. The molecule has 0 aliphatic carbocycles. The molecule has 1 unspecified atom stereocenters. The Bertz CT molecular complexity index is 824. The highest BCUT2D eigenvalue weighted by Gasteiger charge is 2.43. The Morgan fingerprint density at radius 3 is 2.33 bits per heavy atom. The van der Waals surface area contributed by atoms with E-state index in [4.69, 9.17) is 0 Å². The van der Waals surface area contributed by atoms with Crippen molar-refractivity contribution >= 4 is 23.3 Å². The molecule has 0 aromatic heterocycles. The van der Waals surface area contributed by atoms with Gasteiger partial charge in [-0.15, -0.1) is 0 Å². The van der Waals surface area contributed by atoms with Gasteiger partial charge in [-0.2, -0.15) is 0 Å². The molecule has 3 rings (SSSR count). The van der Waals surface area contributed by atoms with Crippen molar-refractivity contribution in [3.8, 4) is 0 Å². The summed E-state index contributed by atoms with van der Waals surface area (Å²) in [5.41, 5.74) is -0.706. The molecule has 27 heavy (non-hydrogen) atoms. The van der Waals surface area contributed by atoms with E-state index < -0.39 is 29.4 Å². The second-order valence-electron chi connectivity index (χ2n) is 6.76. The van der Waals surface area contributed by atoms with Crippen LogP contribution in [0.3, 0.4) is 0 Å². The third-order valence-electron chi connectivity index (χ3n) is 5.02. The molecule has 1 fully saturated rings. The molecule has 0 bridgehead atoms. The number of para-hydroxylation sites is 1. The summed E-state index contributed by atoms with van der Waals surface area (Å²) in [6, 6.07) is 2.61. The predicted molar refractivity (Wildman–Crippen MR) is 96.7 cm³/mol. The number of amidine groups is 1. The van der Waals surface area contributed by atoms with E-state index in [0.717, 1.165) is 12.1 Å². The van der Waals surface area contributed by atoms with Crippen LogP contribution in [0.5, 0.6) is 0 Å². The molecule has 8 heteroatoms. The van der Waals surface area contributed by atoms with E-state index in [1.165, 1.54) is 24.8 Å². The topological polar surface area (TPSA) is 82.0 Å². The number of benzene rings is 1. The highest BCUT2D eigenvalue weighted by atomic mass is 19.1. The third-order valence-corrected chi connectivity index (χ3v) is 5.02. The van der Waals surface area contributed by atoms with Crippen LogP contribution in [0.4, 0.5) is 14.5 Å². The van der Waals surface area contributed by atoms with Gasteiger partial charge in [-0.25, -0.2) is 18.6 Å². The van der Waals surface area contributed by atoms with Gasteiger partial charge < -0.3 is 15.3 Å². The Morgan fingerprint density at radius 2 is 1.81 bits per heavy atom.